The Morgan fingerprint density at radius 3 is 2.50 bits per heavy atom. The molecule has 3 rings (SSSR count). The van der Waals surface area contributed by atoms with Gasteiger partial charge >= 0.3 is 0 Å². The van der Waals surface area contributed by atoms with Crippen LogP contribution < -0.4 is 10.6 Å². The van der Waals surface area contributed by atoms with E-state index in [9.17, 15) is 14.4 Å². The Bertz CT molecular complexity index is 665. The van der Waals surface area contributed by atoms with Gasteiger partial charge in [-0.25, -0.2) is 4.90 Å². The summed E-state index contributed by atoms with van der Waals surface area (Å²) < 4.78 is 0. The lowest BCUT2D eigenvalue weighted by Gasteiger charge is -2.33. The van der Waals surface area contributed by atoms with Gasteiger partial charge in [-0.1, -0.05) is 25.1 Å². The van der Waals surface area contributed by atoms with Crippen LogP contribution in [0.25, 0.3) is 0 Å². The van der Waals surface area contributed by atoms with Crippen LogP contribution in [0, 0.1) is 5.92 Å². The highest BCUT2D eigenvalue weighted by Crippen LogP contribution is 2.30. The van der Waals surface area contributed by atoms with Crippen LogP contribution in [0.5, 0.6) is 0 Å². The number of imide groups is 1. The first-order valence-electron chi connectivity index (χ1n) is 8.51. The van der Waals surface area contributed by atoms with Crippen LogP contribution in [0.4, 0.5) is 5.69 Å². The summed E-state index contributed by atoms with van der Waals surface area (Å²) in [5.74, 6) is -0.700. The predicted molar refractivity (Wildman–Crippen MR) is 90.2 cm³/mol. The molecule has 1 atom stereocenters. The summed E-state index contributed by atoms with van der Waals surface area (Å²) >= 11 is 0. The van der Waals surface area contributed by atoms with E-state index in [0.29, 0.717) is 31.6 Å². The Balaban J connectivity index is 1.76. The zero-order chi connectivity index (χ0) is 17.3. The summed E-state index contributed by atoms with van der Waals surface area (Å²) in [7, 11) is 0. The van der Waals surface area contributed by atoms with Gasteiger partial charge < -0.3 is 5.73 Å². The lowest BCUT2D eigenvalue weighted by Crippen LogP contribution is -2.47. The van der Waals surface area contributed by atoms with E-state index in [0.717, 1.165) is 12.0 Å². The number of carbonyl (C=O) groups excluding carboxylic acids is 3. The molecule has 2 aliphatic heterocycles. The van der Waals surface area contributed by atoms with Gasteiger partial charge in [-0.3, -0.25) is 19.3 Å². The number of para-hydroxylation sites is 1. The van der Waals surface area contributed by atoms with Crippen molar-refractivity contribution in [2.45, 2.75) is 38.6 Å². The highest BCUT2D eigenvalue weighted by Gasteiger charge is 2.44. The number of carbonyl (C=O) groups is 3. The normalized spacial score (nSPS) is 23.0. The fourth-order valence-electron chi connectivity index (χ4n) is 3.68. The van der Waals surface area contributed by atoms with Crippen molar-refractivity contribution in [1.82, 2.24) is 4.90 Å². The molecule has 2 saturated heterocycles. The van der Waals surface area contributed by atoms with E-state index in [-0.39, 0.29) is 30.1 Å². The van der Waals surface area contributed by atoms with Gasteiger partial charge in [0.1, 0.15) is 0 Å². The lowest BCUT2D eigenvalue weighted by molar-refractivity contribution is -0.124. The third-order valence-electron chi connectivity index (χ3n) is 5.11. The van der Waals surface area contributed by atoms with Gasteiger partial charge in [0.15, 0.2) is 0 Å². The molecule has 128 valence electrons. The Labute approximate surface area is 141 Å². The lowest BCUT2D eigenvalue weighted by atomic mass is 9.95. The molecule has 2 N–H and O–H groups in total. The zero-order valence-electron chi connectivity index (χ0n) is 13.9. The Morgan fingerprint density at radius 2 is 1.88 bits per heavy atom. The number of benzene rings is 1. The smallest absolute Gasteiger partial charge is 0.251 e. The molecular weight excluding hydrogens is 306 g/mol. The minimum Gasteiger partial charge on any atom is -0.369 e. The standard InChI is InChI=1S/C18H23N3O3/c1-2-12-5-3-4-6-14(12)21-16(22)11-15(18(21)24)20-9-7-13(8-10-20)17(19)23/h3-6,13,15H,2,7-11H2,1H3,(H2,19,23)/t15-/m1/s1. The van der Waals surface area contributed by atoms with Gasteiger partial charge in [0.25, 0.3) is 5.91 Å². The monoisotopic (exact) mass is 329 g/mol. The van der Waals surface area contributed by atoms with E-state index < -0.39 is 6.04 Å². The predicted octanol–water partition coefficient (Wildman–Crippen LogP) is 1.08. The van der Waals surface area contributed by atoms with E-state index in [2.05, 4.69) is 0 Å². The molecule has 2 heterocycles. The van der Waals surface area contributed by atoms with Crippen LogP contribution in [0.1, 0.15) is 31.7 Å². The van der Waals surface area contributed by atoms with Crippen molar-refractivity contribution in [3.05, 3.63) is 29.8 Å². The van der Waals surface area contributed by atoms with Crippen molar-refractivity contribution in [2.75, 3.05) is 18.0 Å². The topological polar surface area (TPSA) is 83.7 Å². The molecule has 0 unspecified atom stereocenters. The van der Waals surface area contributed by atoms with Crippen molar-refractivity contribution in [2.24, 2.45) is 11.7 Å². The van der Waals surface area contributed by atoms with E-state index in [1.54, 1.807) is 0 Å². The summed E-state index contributed by atoms with van der Waals surface area (Å²) in [6.07, 6.45) is 2.28. The number of rotatable bonds is 4. The van der Waals surface area contributed by atoms with Gasteiger partial charge in [0.2, 0.25) is 11.8 Å². The number of nitrogens with zero attached hydrogens (tertiary/aromatic N) is 2. The summed E-state index contributed by atoms with van der Waals surface area (Å²) in [5, 5.41) is 0. The van der Waals surface area contributed by atoms with Gasteiger partial charge in [0.05, 0.1) is 18.2 Å². The third-order valence-corrected chi connectivity index (χ3v) is 5.11. The van der Waals surface area contributed by atoms with Crippen LogP contribution in [0.2, 0.25) is 0 Å². The van der Waals surface area contributed by atoms with Crippen LogP contribution in [0.3, 0.4) is 0 Å². The number of aryl methyl sites for hydroxylation is 1. The van der Waals surface area contributed by atoms with E-state index in [1.807, 2.05) is 36.1 Å². The number of piperidine rings is 1. The molecule has 0 spiro atoms. The SMILES string of the molecule is CCc1ccccc1N1C(=O)C[C@@H](N2CCC(C(N)=O)CC2)C1=O. The molecule has 0 radical (unpaired) electrons. The zero-order valence-corrected chi connectivity index (χ0v) is 13.9. The van der Waals surface area contributed by atoms with Crippen molar-refractivity contribution in [1.29, 1.82) is 0 Å². The molecule has 2 aliphatic rings. The number of hydrogen-bond donors (Lipinski definition) is 1. The maximum absolute atomic E-state index is 12.9. The average molecular weight is 329 g/mol. The second-order valence-corrected chi connectivity index (χ2v) is 6.48. The molecule has 3 amide bonds. The molecule has 2 fully saturated rings. The third kappa shape index (κ3) is 2.94. The van der Waals surface area contributed by atoms with Gasteiger partial charge in [-0.2, -0.15) is 0 Å². The molecule has 0 aromatic heterocycles. The van der Waals surface area contributed by atoms with E-state index in [1.165, 1.54) is 4.90 Å². The molecule has 1 aromatic carbocycles. The Hall–Kier alpha value is -2.21. The van der Waals surface area contributed by atoms with Crippen molar-refractivity contribution in [3.63, 3.8) is 0 Å². The number of hydrogen-bond acceptors (Lipinski definition) is 4. The quantitative estimate of drug-likeness (QED) is 0.838. The van der Waals surface area contributed by atoms with Crippen LogP contribution in [-0.2, 0) is 20.8 Å². The summed E-state index contributed by atoms with van der Waals surface area (Å²) in [6.45, 7) is 3.26. The Kier molecular flexibility index (Phi) is 4.66. The maximum atomic E-state index is 12.9. The fourth-order valence-corrected chi connectivity index (χ4v) is 3.68. The van der Waals surface area contributed by atoms with E-state index in [4.69, 9.17) is 5.73 Å². The van der Waals surface area contributed by atoms with Crippen molar-refractivity contribution in [3.8, 4) is 0 Å². The van der Waals surface area contributed by atoms with Crippen LogP contribution in [-0.4, -0.2) is 41.8 Å². The largest absolute Gasteiger partial charge is 0.369 e. The molecule has 6 nitrogen and oxygen atoms in total. The molecule has 24 heavy (non-hydrogen) atoms. The first-order chi connectivity index (χ1) is 11.5. The molecule has 0 aliphatic carbocycles. The minimum atomic E-state index is -0.420. The fraction of sp³-hybridized carbons (Fsp3) is 0.500. The van der Waals surface area contributed by atoms with Gasteiger partial charge in [-0.05, 0) is 44.0 Å². The number of anilines is 1. The van der Waals surface area contributed by atoms with Crippen LogP contribution >= 0.6 is 0 Å². The van der Waals surface area contributed by atoms with Crippen molar-refractivity contribution < 1.29 is 14.4 Å². The number of nitrogens with two attached hydrogens (primary N) is 1. The summed E-state index contributed by atoms with van der Waals surface area (Å²) in [4.78, 5) is 40.0. The first-order valence-corrected chi connectivity index (χ1v) is 8.51. The van der Waals surface area contributed by atoms with Gasteiger partial charge in [0, 0.05) is 5.92 Å². The van der Waals surface area contributed by atoms with Crippen molar-refractivity contribution >= 4 is 23.4 Å². The molecule has 0 bridgehead atoms. The molecular formula is C18H23N3O3. The molecule has 0 saturated carbocycles. The van der Waals surface area contributed by atoms with Gasteiger partial charge in [-0.15, -0.1) is 0 Å². The first kappa shape index (κ1) is 16.6. The number of primary amides is 1. The highest BCUT2D eigenvalue weighted by molar-refractivity contribution is 6.22. The summed E-state index contributed by atoms with van der Waals surface area (Å²) in [6, 6.07) is 7.12. The maximum Gasteiger partial charge on any atom is 0.251 e. The van der Waals surface area contributed by atoms with E-state index >= 15 is 0 Å². The number of likely N-dealkylation sites (tertiary alicyclic amines) is 1. The minimum absolute atomic E-state index is 0.120. The Morgan fingerprint density at radius 1 is 1.21 bits per heavy atom. The van der Waals surface area contributed by atoms with Crippen LogP contribution in [0.15, 0.2) is 24.3 Å². The summed E-state index contributed by atoms with van der Waals surface area (Å²) in [5.41, 5.74) is 7.05. The highest BCUT2D eigenvalue weighted by atomic mass is 16.2. The average Bonchev–Trinajstić information content (AvgIpc) is 2.89. The number of amides is 3. The second-order valence-electron chi connectivity index (χ2n) is 6.48. The molecule has 6 heteroatoms. The molecule has 1 aromatic rings. The second kappa shape index (κ2) is 6.73.